The third-order valence-corrected chi connectivity index (χ3v) is 5.07. The Hall–Kier alpha value is -2.25. The number of thiophene rings is 1. The Bertz CT molecular complexity index is 952. The minimum atomic E-state index is -8.27. The molecule has 2 heterocycles. The first-order valence-electron chi connectivity index (χ1n) is 8.79. The van der Waals surface area contributed by atoms with Gasteiger partial charge in [-0.1, -0.05) is 0 Å². The number of hydrogen-bond donors (Lipinski definition) is 0. The van der Waals surface area contributed by atoms with Crippen LogP contribution in [0.25, 0.3) is 0 Å². The van der Waals surface area contributed by atoms with Gasteiger partial charge in [-0.3, -0.25) is 0 Å². The molecule has 0 spiro atoms. The molecule has 0 bridgehead atoms. The van der Waals surface area contributed by atoms with Crippen LogP contribution in [0.15, 0.2) is 22.6 Å². The molecule has 0 fully saturated rings. The van der Waals surface area contributed by atoms with Crippen LogP contribution in [-0.2, 0) is 9.78 Å². The van der Waals surface area contributed by atoms with Crippen LogP contribution in [0.3, 0.4) is 0 Å². The molecule has 4 nitrogen and oxygen atoms in total. The normalized spacial score (nSPS) is 18.0. The fraction of sp³-hybridized carbons (Fsp3) is 0.625. The predicted molar refractivity (Wildman–Crippen MR) is 85.9 cm³/mol. The molecule has 0 aromatic carbocycles. The maximum Gasteiger partial charge on any atom is 0.460 e. The summed E-state index contributed by atoms with van der Waals surface area (Å²) in [6, 6.07) is 0. The molecule has 0 amide bonds. The smallest absolute Gasteiger partial charge is 0.460 e. The number of halogens is 15. The van der Waals surface area contributed by atoms with Gasteiger partial charge in [0.1, 0.15) is 12.7 Å². The second kappa shape index (κ2) is 9.56. The van der Waals surface area contributed by atoms with Crippen LogP contribution in [0.1, 0.15) is 6.42 Å². The van der Waals surface area contributed by atoms with Crippen molar-refractivity contribution < 1.29 is 85.1 Å². The lowest BCUT2D eigenvalue weighted by molar-refractivity contribution is -0.442. The molecule has 1 aliphatic rings. The summed E-state index contributed by atoms with van der Waals surface area (Å²) in [6.07, 6.45) is -13.2. The van der Waals surface area contributed by atoms with Crippen molar-refractivity contribution in [1.82, 2.24) is 0 Å². The standard InChI is InChI=1S/C16H9F15O4S/c17-10(18)9(35-33-3-6-1-2-32-7-4-36-5-8(7)34-6)11(19,20)12(21,22)13(23,24)14(25,26)15(27,28)16(29,30)31/h4-6H,1-3H2. The SMILES string of the molecule is FC(F)=C(OOCC1CCOc2cscc2O1)C(F)(F)C(F)(F)C(F)(F)C(F)(F)C(F)(F)C(F)(F)F. The van der Waals surface area contributed by atoms with E-state index in [1.165, 1.54) is 10.8 Å². The van der Waals surface area contributed by atoms with E-state index in [0.717, 1.165) is 11.3 Å². The highest BCUT2D eigenvalue weighted by atomic mass is 32.1. The van der Waals surface area contributed by atoms with Crippen molar-refractivity contribution >= 4 is 11.3 Å². The van der Waals surface area contributed by atoms with Gasteiger partial charge >= 0.3 is 41.9 Å². The predicted octanol–water partition coefficient (Wildman–Crippen LogP) is 7.07. The summed E-state index contributed by atoms with van der Waals surface area (Å²) in [6.45, 7) is -1.32. The van der Waals surface area contributed by atoms with Gasteiger partial charge < -0.3 is 14.4 Å². The van der Waals surface area contributed by atoms with Gasteiger partial charge in [0, 0.05) is 17.2 Å². The molecule has 1 unspecified atom stereocenters. The maximum absolute atomic E-state index is 13.9. The van der Waals surface area contributed by atoms with Crippen LogP contribution < -0.4 is 9.47 Å². The fourth-order valence-electron chi connectivity index (χ4n) is 2.40. The summed E-state index contributed by atoms with van der Waals surface area (Å²) < 4.78 is 207. The van der Waals surface area contributed by atoms with Gasteiger partial charge in [0.15, 0.2) is 11.5 Å². The summed E-state index contributed by atoms with van der Waals surface area (Å²) in [5.74, 6) is -43.5. The molecule has 0 N–H and O–H groups in total. The van der Waals surface area contributed by atoms with Crippen molar-refractivity contribution in [3.05, 3.63) is 22.6 Å². The summed E-state index contributed by atoms with van der Waals surface area (Å²) in [7, 11) is 0. The van der Waals surface area contributed by atoms with E-state index < -0.39 is 60.3 Å². The summed E-state index contributed by atoms with van der Waals surface area (Å²) in [5, 5.41) is 2.78. The summed E-state index contributed by atoms with van der Waals surface area (Å²) in [5.41, 5.74) is 0. The Kier molecular flexibility index (Phi) is 7.96. The van der Waals surface area contributed by atoms with Crippen molar-refractivity contribution in [3.63, 3.8) is 0 Å². The molecule has 0 saturated carbocycles. The van der Waals surface area contributed by atoms with Gasteiger partial charge in [-0.2, -0.15) is 70.7 Å². The minimum Gasteiger partial charge on any atom is -0.489 e. The number of allylic oxidation sites excluding steroid dienone is 1. The van der Waals surface area contributed by atoms with E-state index in [4.69, 9.17) is 9.47 Å². The first-order valence-corrected chi connectivity index (χ1v) is 9.73. The molecule has 0 aliphatic carbocycles. The van der Waals surface area contributed by atoms with E-state index in [1.54, 1.807) is 0 Å². The molecule has 208 valence electrons. The highest BCUT2D eigenvalue weighted by Crippen LogP contribution is 2.61. The second-order valence-corrected chi connectivity index (χ2v) is 7.55. The van der Waals surface area contributed by atoms with Crippen LogP contribution in [0.2, 0.25) is 0 Å². The van der Waals surface area contributed by atoms with E-state index in [1.807, 2.05) is 0 Å². The monoisotopic (exact) mass is 582 g/mol. The Morgan fingerprint density at radius 1 is 0.806 bits per heavy atom. The van der Waals surface area contributed by atoms with Crippen molar-refractivity contribution in [2.45, 2.75) is 48.3 Å². The Morgan fingerprint density at radius 2 is 1.33 bits per heavy atom. The Morgan fingerprint density at radius 3 is 1.86 bits per heavy atom. The van der Waals surface area contributed by atoms with Crippen LogP contribution >= 0.6 is 11.3 Å². The van der Waals surface area contributed by atoms with Gasteiger partial charge in [-0.25, -0.2) is 0 Å². The van der Waals surface area contributed by atoms with E-state index in [9.17, 15) is 65.9 Å². The first kappa shape index (κ1) is 30.0. The molecule has 36 heavy (non-hydrogen) atoms. The van der Waals surface area contributed by atoms with E-state index in [-0.39, 0.29) is 24.5 Å². The number of ether oxygens (including phenoxy) is 2. The van der Waals surface area contributed by atoms with E-state index in [2.05, 4.69) is 9.78 Å². The van der Waals surface area contributed by atoms with E-state index >= 15 is 0 Å². The van der Waals surface area contributed by atoms with Crippen LogP contribution in [0.4, 0.5) is 65.9 Å². The second-order valence-electron chi connectivity index (χ2n) is 6.80. The van der Waals surface area contributed by atoms with Crippen molar-refractivity contribution in [2.24, 2.45) is 0 Å². The molecule has 0 radical (unpaired) electrons. The van der Waals surface area contributed by atoms with Crippen molar-refractivity contribution in [2.75, 3.05) is 13.2 Å². The lowest BCUT2D eigenvalue weighted by atomic mass is 9.93. The summed E-state index contributed by atoms with van der Waals surface area (Å²) >= 11 is 1.05. The lowest BCUT2D eigenvalue weighted by Gasteiger charge is -2.39. The molecule has 1 aliphatic heterocycles. The number of alkyl halides is 13. The molecule has 0 saturated heterocycles. The molecular weight excluding hydrogens is 573 g/mol. The zero-order chi connectivity index (χ0) is 28.0. The third-order valence-electron chi connectivity index (χ3n) is 4.37. The highest BCUT2D eigenvalue weighted by Gasteiger charge is 2.91. The zero-order valence-electron chi connectivity index (χ0n) is 16.6. The van der Waals surface area contributed by atoms with Crippen LogP contribution in [0, 0.1) is 0 Å². The number of hydrogen-bond acceptors (Lipinski definition) is 5. The Labute approximate surface area is 193 Å². The number of fused-ring (bicyclic) bond motifs is 1. The van der Waals surface area contributed by atoms with Gasteiger partial charge in [0.25, 0.3) is 5.76 Å². The average Bonchev–Trinajstić information content (AvgIpc) is 3.06. The number of rotatable bonds is 9. The van der Waals surface area contributed by atoms with Crippen LogP contribution in [-0.4, -0.2) is 55.1 Å². The van der Waals surface area contributed by atoms with Crippen molar-refractivity contribution in [3.8, 4) is 11.5 Å². The molecular formula is C16H9F15O4S. The molecule has 1 aromatic heterocycles. The largest absolute Gasteiger partial charge is 0.489 e. The minimum absolute atomic E-state index is 0.0304. The fourth-order valence-corrected chi connectivity index (χ4v) is 3.08. The highest BCUT2D eigenvalue weighted by molar-refractivity contribution is 7.08. The quantitative estimate of drug-likeness (QED) is 0.135. The molecule has 1 atom stereocenters. The average molecular weight is 582 g/mol. The van der Waals surface area contributed by atoms with Gasteiger partial charge in [-0.15, -0.1) is 11.3 Å². The zero-order valence-corrected chi connectivity index (χ0v) is 17.4. The van der Waals surface area contributed by atoms with E-state index in [0.29, 0.717) is 0 Å². The maximum atomic E-state index is 13.9. The Balaban J connectivity index is 2.28. The molecule has 20 heteroatoms. The topological polar surface area (TPSA) is 36.9 Å². The van der Waals surface area contributed by atoms with Gasteiger partial charge in [0.2, 0.25) is 0 Å². The molecule has 2 rings (SSSR count). The van der Waals surface area contributed by atoms with Crippen LogP contribution in [0.5, 0.6) is 11.5 Å². The van der Waals surface area contributed by atoms with Gasteiger partial charge in [0.05, 0.1) is 6.61 Å². The van der Waals surface area contributed by atoms with Gasteiger partial charge in [-0.05, 0) is 0 Å². The van der Waals surface area contributed by atoms with Crippen molar-refractivity contribution in [1.29, 1.82) is 0 Å². The summed E-state index contributed by atoms with van der Waals surface area (Å²) in [4.78, 5) is 7.08. The third kappa shape index (κ3) is 4.84. The lowest BCUT2D eigenvalue weighted by Crippen LogP contribution is -2.70. The molecule has 1 aromatic rings. The first-order chi connectivity index (χ1) is 16.1.